The first kappa shape index (κ1) is 16.0. The van der Waals surface area contributed by atoms with Crippen LogP contribution in [0.15, 0.2) is 18.2 Å². The van der Waals surface area contributed by atoms with Crippen LogP contribution in [0.5, 0.6) is 0 Å². The monoisotopic (exact) mass is 288 g/mol. The van der Waals surface area contributed by atoms with Crippen LogP contribution in [0, 0.1) is 5.92 Å². The third-order valence-corrected chi connectivity index (χ3v) is 4.64. The summed E-state index contributed by atoms with van der Waals surface area (Å²) < 4.78 is 0. The largest absolute Gasteiger partial charge is 0.315 e. The van der Waals surface area contributed by atoms with Crippen molar-refractivity contribution in [3.63, 3.8) is 0 Å². The predicted octanol–water partition coefficient (Wildman–Crippen LogP) is 3.68. The minimum absolute atomic E-state index is 0.220. The van der Waals surface area contributed by atoms with Gasteiger partial charge < -0.3 is 10.2 Å². The molecule has 2 unspecified atom stereocenters. The number of fused-ring (bicyclic) bond motifs is 1. The molecule has 1 heterocycles. The molecule has 1 amide bonds. The Bertz CT molecular complexity index is 498. The van der Waals surface area contributed by atoms with Gasteiger partial charge in [-0.25, -0.2) is 0 Å². The number of aryl methyl sites for hydroxylation is 1. The highest BCUT2D eigenvalue weighted by Gasteiger charge is 2.22. The highest BCUT2D eigenvalue weighted by Crippen LogP contribution is 2.31. The van der Waals surface area contributed by atoms with Crippen LogP contribution in [0.4, 0.5) is 5.69 Å². The number of nitrogens with zero attached hydrogens (tertiary/aromatic N) is 1. The average molecular weight is 288 g/mol. The zero-order chi connectivity index (χ0) is 15.4. The maximum Gasteiger partial charge on any atom is 0.227 e. The molecule has 1 aliphatic heterocycles. The van der Waals surface area contributed by atoms with Crippen molar-refractivity contribution in [3.05, 3.63) is 29.3 Å². The van der Waals surface area contributed by atoms with E-state index in [0.717, 1.165) is 25.1 Å². The van der Waals surface area contributed by atoms with Crippen LogP contribution in [0.3, 0.4) is 0 Å². The number of hydrogen-bond acceptors (Lipinski definition) is 2. The van der Waals surface area contributed by atoms with Crippen molar-refractivity contribution in [3.8, 4) is 0 Å². The van der Waals surface area contributed by atoms with Crippen LogP contribution in [-0.2, 0) is 11.2 Å². The van der Waals surface area contributed by atoms with Crippen molar-refractivity contribution in [1.29, 1.82) is 0 Å². The number of anilines is 1. The number of hydrogen-bond donors (Lipinski definition) is 1. The van der Waals surface area contributed by atoms with Gasteiger partial charge in [0.25, 0.3) is 0 Å². The Morgan fingerprint density at radius 2 is 2.05 bits per heavy atom. The van der Waals surface area contributed by atoms with Gasteiger partial charge in [0.1, 0.15) is 0 Å². The molecule has 0 fully saturated rings. The molecule has 0 spiro atoms. The Balaban J connectivity index is 2.24. The van der Waals surface area contributed by atoms with Crippen LogP contribution in [-0.4, -0.2) is 19.5 Å². The lowest BCUT2D eigenvalue weighted by Gasteiger charge is -2.28. The molecule has 2 rings (SSSR count). The summed E-state index contributed by atoms with van der Waals surface area (Å²) >= 11 is 0. The molecule has 0 aliphatic carbocycles. The van der Waals surface area contributed by atoms with E-state index in [0.29, 0.717) is 18.4 Å². The Kier molecular flexibility index (Phi) is 5.40. The van der Waals surface area contributed by atoms with Gasteiger partial charge in [-0.1, -0.05) is 39.3 Å². The first-order chi connectivity index (χ1) is 10.1. The van der Waals surface area contributed by atoms with Gasteiger partial charge >= 0.3 is 0 Å². The van der Waals surface area contributed by atoms with Crippen molar-refractivity contribution in [2.24, 2.45) is 5.92 Å². The number of nitrogens with one attached hydrogen (secondary N) is 1. The van der Waals surface area contributed by atoms with Gasteiger partial charge in [0.2, 0.25) is 5.91 Å². The first-order valence-corrected chi connectivity index (χ1v) is 8.19. The molecule has 3 heteroatoms. The summed E-state index contributed by atoms with van der Waals surface area (Å²) in [6.07, 6.45) is 3.88. The van der Waals surface area contributed by atoms with E-state index < -0.39 is 0 Å². The van der Waals surface area contributed by atoms with Gasteiger partial charge in [-0.05, 0) is 42.5 Å². The van der Waals surface area contributed by atoms with E-state index in [1.807, 2.05) is 7.05 Å². The SMILES string of the molecule is CCNC(CC(C)CC)c1ccc2c(c1)CCC(=O)N2C. The number of rotatable bonds is 6. The van der Waals surface area contributed by atoms with Crippen molar-refractivity contribution in [2.45, 2.75) is 52.5 Å². The second-order valence-electron chi connectivity index (χ2n) is 6.20. The third-order valence-electron chi connectivity index (χ3n) is 4.64. The van der Waals surface area contributed by atoms with E-state index in [4.69, 9.17) is 0 Å². The zero-order valence-corrected chi connectivity index (χ0v) is 13.8. The van der Waals surface area contributed by atoms with E-state index in [2.05, 4.69) is 44.3 Å². The highest BCUT2D eigenvalue weighted by atomic mass is 16.2. The molecule has 0 aromatic heterocycles. The number of carbonyl (C=O) groups is 1. The van der Waals surface area contributed by atoms with E-state index >= 15 is 0 Å². The molecule has 1 aromatic rings. The third kappa shape index (κ3) is 3.65. The fourth-order valence-electron chi connectivity index (χ4n) is 3.05. The minimum Gasteiger partial charge on any atom is -0.315 e. The molecule has 3 nitrogen and oxygen atoms in total. The molecule has 1 N–H and O–H groups in total. The molecular formula is C18H28N2O. The molecule has 116 valence electrons. The van der Waals surface area contributed by atoms with E-state index in [1.165, 1.54) is 17.5 Å². The number of benzene rings is 1. The Morgan fingerprint density at radius 3 is 2.71 bits per heavy atom. The van der Waals surface area contributed by atoms with Crippen LogP contribution >= 0.6 is 0 Å². The predicted molar refractivity (Wildman–Crippen MR) is 88.7 cm³/mol. The van der Waals surface area contributed by atoms with Gasteiger partial charge in [-0.3, -0.25) is 4.79 Å². The molecular weight excluding hydrogens is 260 g/mol. The standard InChI is InChI=1S/C18H28N2O/c1-5-13(3)11-16(19-6-2)14-7-9-17-15(12-14)8-10-18(21)20(17)4/h7,9,12-13,16,19H,5-6,8,10-11H2,1-4H3. The average Bonchev–Trinajstić information content (AvgIpc) is 2.50. The smallest absolute Gasteiger partial charge is 0.227 e. The lowest BCUT2D eigenvalue weighted by atomic mass is 9.91. The van der Waals surface area contributed by atoms with Gasteiger partial charge in [0.15, 0.2) is 0 Å². The van der Waals surface area contributed by atoms with E-state index in [9.17, 15) is 4.79 Å². The number of carbonyl (C=O) groups excluding carboxylic acids is 1. The van der Waals surface area contributed by atoms with E-state index in [1.54, 1.807) is 4.90 Å². The fourth-order valence-corrected chi connectivity index (χ4v) is 3.05. The fraction of sp³-hybridized carbons (Fsp3) is 0.611. The van der Waals surface area contributed by atoms with Gasteiger partial charge in [-0.15, -0.1) is 0 Å². The second kappa shape index (κ2) is 7.08. The zero-order valence-electron chi connectivity index (χ0n) is 13.8. The van der Waals surface area contributed by atoms with E-state index in [-0.39, 0.29) is 5.91 Å². The molecule has 0 radical (unpaired) electrons. The van der Waals surface area contributed by atoms with Crippen molar-refractivity contribution in [1.82, 2.24) is 5.32 Å². The Labute approximate surface area is 128 Å². The summed E-state index contributed by atoms with van der Waals surface area (Å²) in [5.74, 6) is 0.937. The summed E-state index contributed by atoms with van der Waals surface area (Å²) in [4.78, 5) is 13.6. The molecule has 0 saturated carbocycles. The lowest BCUT2D eigenvalue weighted by molar-refractivity contribution is -0.118. The number of amides is 1. The molecule has 2 atom stereocenters. The summed E-state index contributed by atoms with van der Waals surface area (Å²) in [6.45, 7) is 7.71. The molecule has 1 aliphatic rings. The topological polar surface area (TPSA) is 32.3 Å². The lowest BCUT2D eigenvalue weighted by Crippen LogP contribution is -2.31. The second-order valence-corrected chi connectivity index (χ2v) is 6.20. The molecule has 21 heavy (non-hydrogen) atoms. The summed E-state index contributed by atoms with van der Waals surface area (Å²) in [5, 5.41) is 3.61. The summed E-state index contributed by atoms with van der Waals surface area (Å²) in [5.41, 5.74) is 3.74. The van der Waals surface area contributed by atoms with Gasteiger partial charge in [-0.2, -0.15) is 0 Å². The highest BCUT2D eigenvalue weighted by molar-refractivity contribution is 5.95. The minimum atomic E-state index is 0.220. The van der Waals surface area contributed by atoms with Crippen LogP contribution in [0.1, 0.15) is 57.2 Å². The van der Waals surface area contributed by atoms with Crippen LogP contribution < -0.4 is 10.2 Å². The van der Waals surface area contributed by atoms with Crippen LogP contribution in [0.2, 0.25) is 0 Å². The Morgan fingerprint density at radius 1 is 1.29 bits per heavy atom. The maximum absolute atomic E-state index is 11.8. The molecule has 1 aromatic carbocycles. The quantitative estimate of drug-likeness (QED) is 0.866. The Hall–Kier alpha value is -1.35. The first-order valence-electron chi connectivity index (χ1n) is 8.19. The van der Waals surface area contributed by atoms with Gasteiger partial charge in [0.05, 0.1) is 0 Å². The maximum atomic E-state index is 11.8. The van der Waals surface area contributed by atoms with Gasteiger partial charge in [0, 0.05) is 25.2 Å². The van der Waals surface area contributed by atoms with Crippen molar-refractivity contribution < 1.29 is 4.79 Å². The molecule has 0 saturated heterocycles. The summed E-state index contributed by atoms with van der Waals surface area (Å²) in [7, 11) is 1.88. The van der Waals surface area contributed by atoms with Crippen molar-refractivity contribution in [2.75, 3.05) is 18.5 Å². The normalized spacial score (nSPS) is 17.5. The van der Waals surface area contributed by atoms with Crippen LogP contribution in [0.25, 0.3) is 0 Å². The van der Waals surface area contributed by atoms with Crippen molar-refractivity contribution >= 4 is 11.6 Å². The molecule has 0 bridgehead atoms. The summed E-state index contributed by atoms with van der Waals surface area (Å²) in [6, 6.07) is 7.01.